The Morgan fingerprint density at radius 3 is 2.81 bits per heavy atom. The van der Waals surface area contributed by atoms with Gasteiger partial charge >= 0.3 is 0 Å². The number of aliphatic hydroxyl groups excluding tert-OH is 1. The summed E-state index contributed by atoms with van der Waals surface area (Å²) < 4.78 is 36.2. The van der Waals surface area contributed by atoms with Crippen molar-refractivity contribution in [1.29, 1.82) is 0 Å². The minimum absolute atomic E-state index is 0.0123. The molecule has 5 rings (SSSR count). The maximum atomic E-state index is 15.0. The Labute approximate surface area is 214 Å². The fourth-order valence-corrected chi connectivity index (χ4v) is 5.35. The second kappa shape index (κ2) is 10.4. The highest BCUT2D eigenvalue weighted by atomic mass is 19.1. The van der Waals surface area contributed by atoms with E-state index < -0.39 is 18.1 Å². The number of likely N-dealkylation sites (tertiary alicyclic amines) is 1. The Morgan fingerprint density at radius 2 is 2.11 bits per heavy atom. The smallest absolute Gasteiger partial charge is 0.223 e. The van der Waals surface area contributed by atoms with E-state index in [9.17, 15) is 18.7 Å². The summed E-state index contributed by atoms with van der Waals surface area (Å²) in [5.41, 5.74) is 2.70. The normalized spacial score (nSPS) is 22.7. The quantitative estimate of drug-likeness (QED) is 0.520. The minimum Gasteiger partial charge on any atom is -0.389 e. The van der Waals surface area contributed by atoms with E-state index >= 15 is 0 Å². The van der Waals surface area contributed by atoms with E-state index in [0.29, 0.717) is 61.1 Å². The Kier molecular flexibility index (Phi) is 7.24. The molecule has 4 heterocycles. The van der Waals surface area contributed by atoms with E-state index in [-0.39, 0.29) is 35.8 Å². The van der Waals surface area contributed by atoms with Crippen molar-refractivity contribution in [3.8, 4) is 11.3 Å². The second-order valence-electron chi connectivity index (χ2n) is 10.3. The number of nitrogens with one attached hydrogen (secondary N) is 1. The van der Waals surface area contributed by atoms with Gasteiger partial charge in [-0.2, -0.15) is 0 Å². The molecule has 2 aliphatic rings. The van der Waals surface area contributed by atoms with Crippen LogP contribution < -0.4 is 10.7 Å². The summed E-state index contributed by atoms with van der Waals surface area (Å²) in [6.07, 6.45) is 0.624. The third-order valence-electron chi connectivity index (χ3n) is 7.33. The molecule has 198 valence electrons. The Balaban J connectivity index is 1.58. The van der Waals surface area contributed by atoms with Crippen molar-refractivity contribution in [3.05, 3.63) is 51.7 Å². The molecule has 2 fully saturated rings. The number of nitrogens with zero attached hydrogens (tertiary/aromatic N) is 4. The number of hydrogen-bond acceptors (Lipinski definition) is 7. The number of ether oxygens (including phenoxy) is 1. The zero-order chi connectivity index (χ0) is 26.3. The minimum atomic E-state index is -0.850. The van der Waals surface area contributed by atoms with Crippen molar-refractivity contribution in [1.82, 2.24) is 19.4 Å². The van der Waals surface area contributed by atoms with Crippen LogP contribution in [0.5, 0.6) is 0 Å². The second-order valence-corrected chi connectivity index (χ2v) is 10.3. The van der Waals surface area contributed by atoms with Gasteiger partial charge < -0.3 is 19.7 Å². The molecule has 0 unspecified atom stereocenters. The van der Waals surface area contributed by atoms with Gasteiger partial charge in [-0.25, -0.2) is 18.7 Å². The van der Waals surface area contributed by atoms with Gasteiger partial charge in [0.2, 0.25) is 5.95 Å². The van der Waals surface area contributed by atoms with Crippen molar-refractivity contribution in [3.63, 3.8) is 0 Å². The summed E-state index contributed by atoms with van der Waals surface area (Å²) in [4.78, 5) is 23.9. The molecule has 2 aromatic heterocycles. The number of aliphatic hydroxyl groups is 1. The van der Waals surface area contributed by atoms with Gasteiger partial charge in [-0.3, -0.25) is 9.69 Å². The summed E-state index contributed by atoms with van der Waals surface area (Å²) in [5.74, 6) is -0.377. The predicted molar refractivity (Wildman–Crippen MR) is 138 cm³/mol. The van der Waals surface area contributed by atoms with Crippen LogP contribution in [0.1, 0.15) is 44.0 Å². The molecule has 8 nitrogen and oxygen atoms in total. The van der Waals surface area contributed by atoms with Crippen LogP contribution in [0.3, 0.4) is 0 Å². The summed E-state index contributed by atoms with van der Waals surface area (Å²) in [7, 11) is 0. The number of hydrogen-bond donors (Lipinski definition) is 2. The average molecular weight is 514 g/mol. The van der Waals surface area contributed by atoms with Crippen LogP contribution in [0.2, 0.25) is 0 Å². The SMILES string of the molecule is Cc1c(CN2CC[C@@H](F)C2)n(C(C)C)c2cc(-c3nc(N[C@@H]4CCOC[C@H]4O)ncc3F)ccc2c1=O. The van der Waals surface area contributed by atoms with E-state index in [4.69, 9.17) is 4.74 Å². The van der Waals surface area contributed by atoms with Gasteiger partial charge in [-0.15, -0.1) is 0 Å². The van der Waals surface area contributed by atoms with Gasteiger partial charge in [0, 0.05) is 54.5 Å². The number of anilines is 1. The van der Waals surface area contributed by atoms with Gasteiger partial charge in [-0.05, 0) is 45.7 Å². The topological polar surface area (TPSA) is 92.5 Å². The maximum absolute atomic E-state index is 15.0. The molecule has 1 aromatic carbocycles. The predicted octanol–water partition coefficient (Wildman–Crippen LogP) is 3.59. The first-order chi connectivity index (χ1) is 17.7. The van der Waals surface area contributed by atoms with Crippen LogP contribution in [-0.4, -0.2) is 69.2 Å². The molecule has 0 aliphatic carbocycles. The fourth-order valence-electron chi connectivity index (χ4n) is 5.35. The van der Waals surface area contributed by atoms with E-state index in [1.165, 1.54) is 0 Å². The third kappa shape index (κ3) is 5.10. The van der Waals surface area contributed by atoms with Crippen molar-refractivity contribution in [2.45, 2.75) is 64.5 Å². The lowest BCUT2D eigenvalue weighted by Crippen LogP contribution is -2.42. The summed E-state index contributed by atoms with van der Waals surface area (Å²) in [6.45, 7) is 8.09. The highest BCUT2D eigenvalue weighted by molar-refractivity contribution is 5.85. The first kappa shape index (κ1) is 25.7. The van der Waals surface area contributed by atoms with Crippen LogP contribution in [0.15, 0.2) is 29.2 Å². The first-order valence-electron chi connectivity index (χ1n) is 12.8. The van der Waals surface area contributed by atoms with Gasteiger partial charge in [0.05, 0.1) is 30.5 Å². The zero-order valence-corrected chi connectivity index (χ0v) is 21.4. The molecule has 37 heavy (non-hydrogen) atoms. The Hall–Kier alpha value is -2.95. The fraction of sp³-hybridized carbons (Fsp3) is 0.519. The molecule has 0 bridgehead atoms. The van der Waals surface area contributed by atoms with Gasteiger partial charge in [-0.1, -0.05) is 6.07 Å². The zero-order valence-electron chi connectivity index (χ0n) is 21.4. The van der Waals surface area contributed by atoms with Gasteiger partial charge in [0.1, 0.15) is 11.9 Å². The summed E-state index contributed by atoms with van der Waals surface area (Å²) in [5, 5.41) is 13.8. The number of alkyl halides is 1. The molecule has 2 aliphatic heterocycles. The molecular weight excluding hydrogens is 480 g/mol. The Bertz CT molecular complexity index is 1360. The molecule has 2 saturated heterocycles. The van der Waals surface area contributed by atoms with E-state index in [0.717, 1.165) is 11.9 Å². The standard InChI is InChI=1S/C27H33F2N5O3/c1-15(2)34-22-10-17(25-20(29)11-30-27(32-25)31-21-7-9-37-14-24(21)35)4-5-19(22)26(36)16(3)23(34)13-33-8-6-18(28)12-33/h4-5,10-11,15,18,21,24,35H,6-9,12-14H2,1-3H3,(H,30,31,32)/t18-,21-,24-/m1/s1. The lowest BCUT2D eigenvalue weighted by atomic mass is 10.0. The largest absolute Gasteiger partial charge is 0.389 e. The number of aromatic nitrogens is 3. The molecule has 3 atom stereocenters. The van der Waals surface area contributed by atoms with E-state index in [1.807, 2.05) is 25.7 Å². The third-order valence-corrected chi connectivity index (χ3v) is 7.33. The molecular formula is C27H33F2N5O3. The molecule has 0 radical (unpaired) electrons. The number of pyridine rings is 1. The van der Waals surface area contributed by atoms with Gasteiger partial charge in [0.15, 0.2) is 11.2 Å². The summed E-state index contributed by atoms with van der Waals surface area (Å²) >= 11 is 0. The average Bonchev–Trinajstić information content (AvgIpc) is 3.29. The highest BCUT2D eigenvalue weighted by Crippen LogP contribution is 2.29. The summed E-state index contributed by atoms with van der Waals surface area (Å²) in [6, 6.07) is 4.92. The molecule has 2 N–H and O–H groups in total. The van der Waals surface area contributed by atoms with Crippen LogP contribution in [-0.2, 0) is 11.3 Å². The van der Waals surface area contributed by atoms with Crippen molar-refractivity contribution in [2.24, 2.45) is 0 Å². The number of halogens is 2. The molecule has 3 aromatic rings. The van der Waals surface area contributed by atoms with Crippen LogP contribution in [0.4, 0.5) is 14.7 Å². The molecule has 10 heteroatoms. The van der Waals surface area contributed by atoms with E-state index in [2.05, 4.69) is 19.9 Å². The van der Waals surface area contributed by atoms with Crippen LogP contribution >= 0.6 is 0 Å². The van der Waals surface area contributed by atoms with Gasteiger partial charge in [0.25, 0.3) is 0 Å². The van der Waals surface area contributed by atoms with E-state index in [1.54, 1.807) is 18.2 Å². The number of benzene rings is 1. The van der Waals surface area contributed by atoms with Crippen LogP contribution in [0, 0.1) is 12.7 Å². The first-order valence-corrected chi connectivity index (χ1v) is 12.8. The van der Waals surface area contributed by atoms with Crippen LogP contribution in [0.25, 0.3) is 22.2 Å². The van der Waals surface area contributed by atoms with Crippen molar-refractivity contribution < 1.29 is 18.6 Å². The Morgan fingerprint density at radius 1 is 1.30 bits per heavy atom. The van der Waals surface area contributed by atoms with Crippen molar-refractivity contribution in [2.75, 3.05) is 31.6 Å². The molecule has 0 amide bonds. The number of rotatable bonds is 6. The molecule has 0 spiro atoms. The maximum Gasteiger partial charge on any atom is 0.223 e. The number of fused-ring (bicyclic) bond motifs is 1. The van der Waals surface area contributed by atoms with Crippen molar-refractivity contribution >= 4 is 16.9 Å². The molecule has 0 saturated carbocycles. The lowest BCUT2D eigenvalue weighted by molar-refractivity contribution is -0.0136. The lowest BCUT2D eigenvalue weighted by Gasteiger charge is -2.28. The highest BCUT2D eigenvalue weighted by Gasteiger charge is 2.26. The monoisotopic (exact) mass is 513 g/mol.